The summed E-state index contributed by atoms with van der Waals surface area (Å²) in [5, 5.41) is 15.6. The zero-order valence-electron chi connectivity index (χ0n) is 12.8. The molecule has 1 amide bonds. The second-order valence-corrected chi connectivity index (χ2v) is 6.77. The third-order valence-electron chi connectivity index (χ3n) is 5.00. The van der Waals surface area contributed by atoms with E-state index in [4.69, 9.17) is 0 Å². The molecule has 6 nitrogen and oxygen atoms in total. The van der Waals surface area contributed by atoms with Gasteiger partial charge in [0, 0.05) is 45.3 Å². The van der Waals surface area contributed by atoms with Crippen LogP contribution in [0.15, 0.2) is 0 Å². The van der Waals surface area contributed by atoms with Gasteiger partial charge in [-0.05, 0) is 25.7 Å². The van der Waals surface area contributed by atoms with Gasteiger partial charge in [-0.3, -0.25) is 14.6 Å². The summed E-state index contributed by atoms with van der Waals surface area (Å²) in [6.07, 6.45) is 2.11. The van der Waals surface area contributed by atoms with Crippen LogP contribution in [-0.2, 0) is 4.79 Å². The minimum Gasteiger partial charge on any atom is -0.337 e. The number of nitrogens with one attached hydrogen (secondary N) is 2. The Kier molecular flexibility index (Phi) is 4.16. The molecule has 1 atom stereocenters. The standard InChI is InChI=1S/C15H25N5O/c1-15(11-16,12-2-3-12)18-14(21)10-19-8-13(9-19)20-6-4-17-5-7-20/h12-13,17H,2-10H2,1H3,(H,18,21). The van der Waals surface area contributed by atoms with Gasteiger partial charge in [-0.1, -0.05) is 0 Å². The van der Waals surface area contributed by atoms with Crippen LogP contribution >= 0.6 is 0 Å². The molecular weight excluding hydrogens is 266 g/mol. The normalized spacial score (nSPS) is 27.4. The molecule has 0 aromatic heterocycles. The maximum Gasteiger partial charge on any atom is 0.235 e. The highest BCUT2D eigenvalue weighted by molar-refractivity contribution is 5.79. The van der Waals surface area contributed by atoms with Crippen LogP contribution in [0, 0.1) is 17.2 Å². The Hall–Kier alpha value is -1.16. The molecule has 21 heavy (non-hydrogen) atoms. The predicted molar refractivity (Wildman–Crippen MR) is 79.6 cm³/mol. The highest BCUT2D eigenvalue weighted by Crippen LogP contribution is 2.39. The lowest BCUT2D eigenvalue weighted by Crippen LogP contribution is -2.64. The van der Waals surface area contributed by atoms with Crippen LogP contribution in [0.1, 0.15) is 19.8 Å². The first-order valence-electron chi connectivity index (χ1n) is 8.00. The molecule has 2 heterocycles. The maximum absolute atomic E-state index is 12.1. The van der Waals surface area contributed by atoms with Crippen molar-refractivity contribution in [1.82, 2.24) is 20.4 Å². The van der Waals surface area contributed by atoms with Crippen molar-refractivity contribution in [3.63, 3.8) is 0 Å². The number of likely N-dealkylation sites (tertiary alicyclic amines) is 1. The first-order valence-corrected chi connectivity index (χ1v) is 8.00. The van der Waals surface area contributed by atoms with Crippen LogP contribution < -0.4 is 10.6 Å². The molecule has 116 valence electrons. The molecule has 3 fully saturated rings. The van der Waals surface area contributed by atoms with Gasteiger partial charge in [0.1, 0.15) is 5.54 Å². The fourth-order valence-corrected chi connectivity index (χ4v) is 3.36. The molecule has 0 aromatic carbocycles. The Bertz CT molecular complexity index is 432. The largest absolute Gasteiger partial charge is 0.337 e. The van der Waals surface area contributed by atoms with Gasteiger partial charge < -0.3 is 10.6 Å². The number of hydrogen-bond acceptors (Lipinski definition) is 5. The fraction of sp³-hybridized carbons (Fsp3) is 0.867. The van der Waals surface area contributed by atoms with Crippen molar-refractivity contribution in [2.24, 2.45) is 5.92 Å². The fourth-order valence-electron chi connectivity index (χ4n) is 3.36. The molecule has 1 aliphatic carbocycles. The number of amides is 1. The Morgan fingerprint density at radius 2 is 2.05 bits per heavy atom. The van der Waals surface area contributed by atoms with Crippen molar-refractivity contribution in [3.05, 3.63) is 0 Å². The van der Waals surface area contributed by atoms with Gasteiger partial charge in [0.2, 0.25) is 5.91 Å². The third kappa shape index (κ3) is 3.37. The quantitative estimate of drug-likeness (QED) is 0.707. The van der Waals surface area contributed by atoms with Gasteiger partial charge in [-0.25, -0.2) is 0 Å². The molecule has 0 aromatic rings. The average Bonchev–Trinajstić information content (AvgIpc) is 3.28. The molecule has 0 bridgehead atoms. The number of nitriles is 1. The highest BCUT2D eigenvalue weighted by atomic mass is 16.2. The predicted octanol–water partition coefficient (Wildman–Crippen LogP) is -0.616. The first-order chi connectivity index (χ1) is 10.1. The number of nitrogens with zero attached hydrogens (tertiary/aromatic N) is 3. The van der Waals surface area contributed by atoms with Crippen molar-refractivity contribution in [2.45, 2.75) is 31.3 Å². The third-order valence-corrected chi connectivity index (χ3v) is 5.00. The molecule has 6 heteroatoms. The van der Waals surface area contributed by atoms with E-state index in [1.807, 2.05) is 6.92 Å². The van der Waals surface area contributed by atoms with Crippen LogP contribution in [0.25, 0.3) is 0 Å². The van der Waals surface area contributed by atoms with Gasteiger partial charge in [-0.2, -0.15) is 5.26 Å². The Morgan fingerprint density at radius 3 is 2.62 bits per heavy atom. The van der Waals surface area contributed by atoms with Gasteiger partial charge in [-0.15, -0.1) is 0 Å². The molecule has 2 aliphatic heterocycles. The number of carbonyl (C=O) groups excluding carboxylic acids is 1. The van der Waals surface area contributed by atoms with Crippen molar-refractivity contribution < 1.29 is 4.79 Å². The summed E-state index contributed by atoms with van der Waals surface area (Å²) >= 11 is 0. The van der Waals surface area contributed by atoms with Crippen LogP contribution in [0.4, 0.5) is 0 Å². The van der Waals surface area contributed by atoms with Crippen molar-refractivity contribution in [3.8, 4) is 6.07 Å². The molecule has 0 radical (unpaired) electrons. The summed E-state index contributed by atoms with van der Waals surface area (Å²) in [6, 6.07) is 2.88. The minimum atomic E-state index is -0.667. The zero-order valence-corrected chi connectivity index (χ0v) is 12.8. The topological polar surface area (TPSA) is 71.4 Å². The smallest absolute Gasteiger partial charge is 0.235 e. The van der Waals surface area contributed by atoms with Gasteiger partial charge in [0.15, 0.2) is 0 Å². The van der Waals surface area contributed by atoms with E-state index in [2.05, 4.69) is 26.5 Å². The van der Waals surface area contributed by atoms with Crippen molar-refractivity contribution in [2.75, 3.05) is 45.8 Å². The molecule has 2 N–H and O–H groups in total. The number of rotatable bonds is 5. The number of hydrogen-bond donors (Lipinski definition) is 2. The minimum absolute atomic E-state index is 0.00953. The highest BCUT2D eigenvalue weighted by Gasteiger charge is 2.43. The summed E-state index contributed by atoms with van der Waals surface area (Å²) in [5.41, 5.74) is -0.667. The van der Waals surface area contributed by atoms with Crippen molar-refractivity contribution in [1.29, 1.82) is 5.26 Å². The van der Waals surface area contributed by atoms with Crippen molar-refractivity contribution >= 4 is 5.91 Å². The average molecular weight is 291 g/mol. The van der Waals surface area contributed by atoms with Gasteiger partial charge in [0.25, 0.3) is 0 Å². The van der Waals surface area contributed by atoms with E-state index in [0.29, 0.717) is 18.5 Å². The van der Waals surface area contributed by atoms with E-state index in [0.717, 1.165) is 52.1 Å². The second kappa shape index (κ2) is 5.91. The number of piperazine rings is 1. The van der Waals surface area contributed by atoms with E-state index in [1.165, 1.54) is 0 Å². The Labute approximate surface area is 126 Å². The molecule has 0 spiro atoms. The van der Waals surface area contributed by atoms with Crippen LogP contribution in [0.3, 0.4) is 0 Å². The summed E-state index contributed by atoms with van der Waals surface area (Å²) < 4.78 is 0. The molecule has 2 saturated heterocycles. The van der Waals surface area contributed by atoms with Crippen LogP contribution in [0.2, 0.25) is 0 Å². The summed E-state index contributed by atoms with van der Waals surface area (Å²) in [6.45, 7) is 8.57. The van der Waals surface area contributed by atoms with E-state index in [-0.39, 0.29) is 5.91 Å². The second-order valence-electron chi connectivity index (χ2n) is 6.77. The van der Waals surface area contributed by atoms with Crippen LogP contribution in [0.5, 0.6) is 0 Å². The molecule has 3 aliphatic rings. The molecule has 1 unspecified atom stereocenters. The van der Waals surface area contributed by atoms with Crippen LogP contribution in [-0.4, -0.2) is 73.1 Å². The lowest BCUT2D eigenvalue weighted by molar-refractivity contribution is -0.125. The SMILES string of the molecule is CC(C#N)(NC(=O)CN1CC(N2CCNCC2)C1)C1CC1. The molecule has 1 saturated carbocycles. The van der Waals surface area contributed by atoms with Gasteiger partial charge >= 0.3 is 0 Å². The molecule has 3 rings (SSSR count). The summed E-state index contributed by atoms with van der Waals surface area (Å²) in [7, 11) is 0. The summed E-state index contributed by atoms with van der Waals surface area (Å²) in [5.74, 6) is 0.334. The number of carbonyl (C=O) groups is 1. The molecular formula is C15H25N5O. The first kappa shape index (κ1) is 14.8. The van der Waals surface area contributed by atoms with E-state index in [1.54, 1.807) is 0 Å². The van der Waals surface area contributed by atoms with E-state index < -0.39 is 5.54 Å². The Morgan fingerprint density at radius 1 is 1.38 bits per heavy atom. The lowest BCUT2D eigenvalue weighted by atomic mass is 9.98. The summed E-state index contributed by atoms with van der Waals surface area (Å²) in [4.78, 5) is 16.8. The van der Waals surface area contributed by atoms with E-state index >= 15 is 0 Å². The Balaban J connectivity index is 1.40. The monoisotopic (exact) mass is 291 g/mol. The lowest BCUT2D eigenvalue weighted by Gasteiger charge is -2.46. The van der Waals surface area contributed by atoms with Gasteiger partial charge in [0.05, 0.1) is 12.6 Å². The van der Waals surface area contributed by atoms with E-state index in [9.17, 15) is 10.1 Å². The zero-order chi connectivity index (χ0) is 14.9. The maximum atomic E-state index is 12.1.